The van der Waals surface area contributed by atoms with E-state index in [4.69, 9.17) is 9.84 Å². The number of hydrogen-bond donors (Lipinski definition) is 1. The molecule has 1 saturated heterocycles. The lowest BCUT2D eigenvalue weighted by Gasteiger charge is -2.36. The molecule has 6 nitrogen and oxygen atoms in total. The second-order valence-electron chi connectivity index (χ2n) is 5.07. The van der Waals surface area contributed by atoms with Crippen molar-refractivity contribution in [2.45, 2.75) is 45.3 Å². The standard InChI is InChI=1S/C13H24N2O4/c1-4-5-10(2)14(3)13(18)15-6-7-19-11(9-15)8-12(16)17/h10-11H,4-9H2,1-3H3,(H,16,17). The summed E-state index contributed by atoms with van der Waals surface area (Å²) < 4.78 is 5.36. The van der Waals surface area contributed by atoms with E-state index in [2.05, 4.69) is 6.92 Å². The summed E-state index contributed by atoms with van der Waals surface area (Å²) in [5, 5.41) is 8.76. The maximum Gasteiger partial charge on any atom is 0.320 e. The molecule has 2 atom stereocenters. The molecule has 2 amide bonds. The third kappa shape index (κ3) is 4.70. The molecule has 1 aliphatic heterocycles. The van der Waals surface area contributed by atoms with Crippen molar-refractivity contribution in [1.82, 2.24) is 9.80 Å². The van der Waals surface area contributed by atoms with Crippen LogP contribution in [0.15, 0.2) is 0 Å². The second-order valence-corrected chi connectivity index (χ2v) is 5.07. The highest BCUT2D eigenvalue weighted by Gasteiger charge is 2.28. The van der Waals surface area contributed by atoms with Crippen molar-refractivity contribution in [3.63, 3.8) is 0 Å². The lowest BCUT2D eigenvalue weighted by molar-refractivity contribution is -0.141. The first-order valence-electron chi connectivity index (χ1n) is 6.80. The molecule has 19 heavy (non-hydrogen) atoms. The summed E-state index contributed by atoms with van der Waals surface area (Å²) in [6.07, 6.45) is 1.54. The summed E-state index contributed by atoms with van der Waals surface area (Å²) >= 11 is 0. The number of urea groups is 1. The first kappa shape index (κ1) is 15.8. The number of rotatable bonds is 5. The number of aliphatic carboxylic acids is 1. The van der Waals surface area contributed by atoms with Crippen LogP contribution in [0.1, 0.15) is 33.1 Å². The van der Waals surface area contributed by atoms with Gasteiger partial charge in [0, 0.05) is 26.2 Å². The van der Waals surface area contributed by atoms with Crippen LogP contribution in [0.25, 0.3) is 0 Å². The largest absolute Gasteiger partial charge is 0.481 e. The van der Waals surface area contributed by atoms with E-state index in [0.29, 0.717) is 19.7 Å². The number of morpholine rings is 1. The average Bonchev–Trinajstić information content (AvgIpc) is 2.36. The van der Waals surface area contributed by atoms with E-state index in [9.17, 15) is 9.59 Å². The molecular formula is C13H24N2O4. The molecule has 0 aliphatic carbocycles. The van der Waals surface area contributed by atoms with Gasteiger partial charge >= 0.3 is 12.0 Å². The molecule has 6 heteroatoms. The molecule has 0 bridgehead atoms. The monoisotopic (exact) mass is 272 g/mol. The third-order valence-corrected chi connectivity index (χ3v) is 3.48. The van der Waals surface area contributed by atoms with Crippen molar-refractivity contribution in [2.24, 2.45) is 0 Å². The van der Waals surface area contributed by atoms with Crippen LogP contribution in [0.5, 0.6) is 0 Å². The van der Waals surface area contributed by atoms with Gasteiger partial charge in [0.1, 0.15) is 0 Å². The van der Waals surface area contributed by atoms with Gasteiger partial charge in [-0.05, 0) is 13.3 Å². The molecule has 2 unspecified atom stereocenters. The molecule has 0 radical (unpaired) electrons. The van der Waals surface area contributed by atoms with Gasteiger partial charge in [-0.25, -0.2) is 4.79 Å². The van der Waals surface area contributed by atoms with Gasteiger partial charge in [0.2, 0.25) is 0 Å². The van der Waals surface area contributed by atoms with Crippen molar-refractivity contribution in [2.75, 3.05) is 26.7 Å². The minimum absolute atomic E-state index is 0.0420. The minimum Gasteiger partial charge on any atom is -0.481 e. The molecule has 1 heterocycles. The van der Waals surface area contributed by atoms with Crippen LogP contribution in [0.2, 0.25) is 0 Å². The predicted molar refractivity (Wildman–Crippen MR) is 71.1 cm³/mol. The Morgan fingerprint density at radius 2 is 2.21 bits per heavy atom. The fraction of sp³-hybridized carbons (Fsp3) is 0.846. The van der Waals surface area contributed by atoms with Gasteiger partial charge in [-0.1, -0.05) is 13.3 Å². The van der Waals surface area contributed by atoms with E-state index in [0.717, 1.165) is 12.8 Å². The van der Waals surface area contributed by atoms with Crippen LogP contribution < -0.4 is 0 Å². The number of ether oxygens (including phenoxy) is 1. The SMILES string of the molecule is CCCC(C)N(C)C(=O)N1CCOC(CC(=O)O)C1. The molecule has 0 aromatic carbocycles. The van der Waals surface area contributed by atoms with E-state index < -0.39 is 12.1 Å². The summed E-state index contributed by atoms with van der Waals surface area (Å²) in [7, 11) is 1.80. The highest BCUT2D eigenvalue weighted by Crippen LogP contribution is 2.13. The van der Waals surface area contributed by atoms with Crippen molar-refractivity contribution < 1.29 is 19.4 Å². The van der Waals surface area contributed by atoms with E-state index in [-0.39, 0.29) is 18.5 Å². The van der Waals surface area contributed by atoms with Crippen molar-refractivity contribution in [3.8, 4) is 0 Å². The van der Waals surface area contributed by atoms with E-state index in [1.807, 2.05) is 6.92 Å². The number of nitrogens with zero attached hydrogens (tertiary/aromatic N) is 2. The Kier molecular flexibility index (Phi) is 6.08. The number of carbonyl (C=O) groups excluding carboxylic acids is 1. The summed E-state index contributed by atoms with van der Waals surface area (Å²) in [5.74, 6) is -0.896. The summed E-state index contributed by atoms with van der Waals surface area (Å²) in [4.78, 5) is 26.4. The van der Waals surface area contributed by atoms with Crippen molar-refractivity contribution in [3.05, 3.63) is 0 Å². The number of hydrogen-bond acceptors (Lipinski definition) is 3. The van der Waals surface area contributed by atoms with Gasteiger partial charge in [0.05, 0.1) is 19.1 Å². The van der Waals surface area contributed by atoms with Crippen molar-refractivity contribution in [1.29, 1.82) is 0 Å². The third-order valence-electron chi connectivity index (χ3n) is 3.48. The Bertz CT molecular complexity index is 322. The van der Waals surface area contributed by atoms with Crippen LogP contribution in [-0.4, -0.2) is 65.8 Å². The molecule has 110 valence electrons. The predicted octanol–water partition coefficient (Wildman–Crippen LogP) is 1.40. The summed E-state index contributed by atoms with van der Waals surface area (Å²) in [6, 6.07) is 0.151. The van der Waals surface area contributed by atoms with E-state index in [1.165, 1.54) is 0 Å². The van der Waals surface area contributed by atoms with Gasteiger partial charge in [0.15, 0.2) is 0 Å². The van der Waals surface area contributed by atoms with E-state index >= 15 is 0 Å². The summed E-state index contributed by atoms with van der Waals surface area (Å²) in [5.41, 5.74) is 0. The molecule has 0 spiro atoms. The highest BCUT2D eigenvalue weighted by molar-refractivity contribution is 5.75. The number of carboxylic acid groups (broad SMARTS) is 1. The van der Waals surface area contributed by atoms with Crippen LogP contribution >= 0.6 is 0 Å². The molecule has 1 N–H and O–H groups in total. The van der Waals surface area contributed by atoms with Gasteiger partial charge in [-0.3, -0.25) is 4.79 Å². The smallest absolute Gasteiger partial charge is 0.320 e. The topological polar surface area (TPSA) is 70.1 Å². The molecule has 0 saturated carbocycles. The van der Waals surface area contributed by atoms with Crippen molar-refractivity contribution >= 4 is 12.0 Å². The van der Waals surface area contributed by atoms with Gasteiger partial charge in [0.25, 0.3) is 0 Å². The molecule has 1 fully saturated rings. The van der Waals surface area contributed by atoms with Crippen LogP contribution in [0.3, 0.4) is 0 Å². The van der Waals surface area contributed by atoms with Crippen LogP contribution in [0.4, 0.5) is 4.79 Å². The molecule has 0 aromatic heterocycles. The normalized spacial score (nSPS) is 21.0. The minimum atomic E-state index is -0.896. The van der Waals surface area contributed by atoms with Gasteiger partial charge < -0.3 is 19.6 Å². The van der Waals surface area contributed by atoms with Gasteiger partial charge in [-0.2, -0.15) is 0 Å². The maximum atomic E-state index is 12.3. The Hall–Kier alpha value is -1.30. The Labute approximate surface area is 114 Å². The zero-order valence-corrected chi connectivity index (χ0v) is 12.0. The zero-order valence-electron chi connectivity index (χ0n) is 12.0. The second kappa shape index (κ2) is 7.33. The Balaban J connectivity index is 2.53. The zero-order chi connectivity index (χ0) is 14.4. The summed E-state index contributed by atoms with van der Waals surface area (Å²) in [6.45, 7) is 5.40. The Morgan fingerprint density at radius 3 is 2.79 bits per heavy atom. The van der Waals surface area contributed by atoms with Crippen LogP contribution in [0, 0.1) is 0 Å². The lowest BCUT2D eigenvalue weighted by atomic mass is 10.1. The van der Waals surface area contributed by atoms with Gasteiger partial charge in [-0.15, -0.1) is 0 Å². The van der Waals surface area contributed by atoms with Crippen LogP contribution in [-0.2, 0) is 9.53 Å². The fourth-order valence-electron chi connectivity index (χ4n) is 2.23. The average molecular weight is 272 g/mol. The number of carboxylic acids is 1. The number of carbonyl (C=O) groups is 2. The number of amides is 2. The fourth-order valence-corrected chi connectivity index (χ4v) is 2.23. The maximum absolute atomic E-state index is 12.3. The first-order chi connectivity index (χ1) is 8.95. The van der Waals surface area contributed by atoms with E-state index in [1.54, 1.807) is 16.8 Å². The highest BCUT2D eigenvalue weighted by atomic mass is 16.5. The molecular weight excluding hydrogens is 248 g/mol. The first-order valence-corrected chi connectivity index (χ1v) is 6.80. The molecule has 1 aliphatic rings. The Morgan fingerprint density at radius 1 is 1.53 bits per heavy atom. The lowest BCUT2D eigenvalue weighted by Crippen LogP contribution is -2.52. The molecule has 0 aromatic rings. The quantitative estimate of drug-likeness (QED) is 0.821. The molecule has 1 rings (SSSR count).